The van der Waals surface area contributed by atoms with E-state index in [2.05, 4.69) is 325 Å². The molecule has 0 radical (unpaired) electrons. The Labute approximate surface area is 456 Å². The number of hydrogen-bond donors (Lipinski definition) is 0. The Balaban J connectivity index is 0.837. The van der Waals surface area contributed by atoms with Crippen LogP contribution >= 0.6 is 0 Å². The number of benzene rings is 12. The van der Waals surface area contributed by atoms with E-state index in [4.69, 9.17) is 0 Å². The number of fused-ring (bicyclic) bond motifs is 5. The van der Waals surface area contributed by atoms with Gasteiger partial charge in [0.25, 0.3) is 0 Å². The molecule has 14 rings (SSSR count). The molecule has 0 N–H and O–H groups in total. The number of anilines is 6. The molecule has 0 bridgehead atoms. The Morgan fingerprint density at radius 1 is 0.269 bits per heavy atom. The van der Waals surface area contributed by atoms with Gasteiger partial charge in [-0.3, -0.25) is 0 Å². The third kappa shape index (κ3) is 8.25. The van der Waals surface area contributed by atoms with Crippen molar-refractivity contribution in [2.75, 3.05) is 9.80 Å². The number of rotatable bonds is 10. The number of hydrogen-bond acceptors (Lipinski definition) is 2. The van der Waals surface area contributed by atoms with Crippen LogP contribution in [0.5, 0.6) is 0 Å². The van der Waals surface area contributed by atoms with Gasteiger partial charge >= 0.3 is 0 Å². The molecule has 0 saturated carbocycles. The summed E-state index contributed by atoms with van der Waals surface area (Å²) in [5.41, 5.74) is 24.7. The fourth-order valence-electron chi connectivity index (χ4n) is 11.9. The highest BCUT2D eigenvalue weighted by molar-refractivity contribution is 6.12. The average Bonchev–Trinajstić information content (AvgIpc) is 4.04. The van der Waals surface area contributed by atoms with Gasteiger partial charge in [0.05, 0.1) is 22.4 Å². The SMILES string of the molecule is CC1(C)c2ccccc2N(c2ccccc2)c2ccc(-c3ccc4c(c3)c3cc(-c5ccc(N(c6ccc(-c7ccccc7)cc6)c6ccc(-c7ccc(-c8ccccc8)cc7)cc6)cc5)ccc3n4-c3ccccc3)cc21. The second-order valence-corrected chi connectivity index (χ2v) is 21.0. The number of aromatic nitrogens is 1. The normalized spacial score (nSPS) is 12.6. The third-order valence-electron chi connectivity index (χ3n) is 16.0. The maximum atomic E-state index is 2.44. The van der Waals surface area contributed by atoms with Crippen LogP contribution in [-0.4, -0.2) is 4.57 Å². The lowest BCUT2D eigenvalue weighted by atomic mass is 9.73. The molecule has 3 nitrogen and oxygen atoms in total. The molecule has 0 fully saturated rings. The van der Waals surface area contributed by atoms with Crippen molar-refractivity contribution < 1.29 is 0 Å². The standard InChI is InChI=1S/C75H55N3/c1-75(2)69-25-15-16-26-73(69)78(63-23-13-6-14-24-63)74-48-39-61(51-70(74)75)60-38-47-72-68(50-60)67-49-59(37-46-71(67)77(72)62-21-11-5-12-22-62)58-35-44-66(45-36-58)76(64-40-31-56(32-41-64)53-19-9-4-10-20-53)65-42-33-57(34-43-65)55-29-27-54(28-30-55)52-17-7-3-8-18-52/h3-51H,1-2H3. The fraction of sp³-hybridized carbons (Fsp3) is 0.0400. The summed E-state index contributed by atoms with van der Waals surface area (Å²) < 4.78 is 2.41. The first-order valence-corrected chi connectivity index (χ1v) is 27.0. The molecule has 0 spiro atoms. The van der Waals surface area contributed by atoms with Crippen LogP contribution in [0.3, 0.4) is 0 Å². The third-order valence-corrected chi connectivity index (χ3v) is 16.0. The molecule has 0 aliphatic carbocycles. The van der Waals surface area contributed by atoms with Crippen molar-refractivity contribution >= 4 is 55.9 Å². The van der Waals surface area contributed by atoms with E-state index in [-0.39, 0.29) is 5.41 Å². The van der Waals surface area contributed by atoms with E-state index in [0.717, 1.165) is 34.0 Å². The molecule has 78 heavy (non-hydrogen) atoms. The van der Waals surface area contributed by atoms with Crippen molar-refractivity contribution in [2.45, 2.75) is 19.3 Å². The van der Waals surface area contributed by atoms with E-state index in [1.54, 1.807) is 0 Å². The minimum Gasteiger partial charge on any atom is -0.311 e. The average molecular weight is 998 g/mol. The molecule has 12 aromatic carbocycles. The van der Waals surface area contributed by atoms with E-state index in [0.29, 0.717) is 0 Å². The molecule has 3 heteroatoms. The summed E-state index contributed by atoms with van der Waals surface area (Å²) in [6.07, 6.45) is 0. The van der Waals surface area contributed by atoms with Crippen LogP contribution < -0.4 is 9.80 Å². The molecule has 1 aliphatic rings. The maximum absolute atomic E-state index is 2.44. The molecule has 1 aliphatic heterocycles. The van der Waals surface area contributed by atoms with Crippen LogP contribution in [0.4, 0.5) is 34.1 Å². The van der Waals surface area contributed by atoms with Crippen LogP contribution in [0.15, 0.2) is 297 Å². The van der Waals surface area contributed by atoms with Crippen molar-refractivity contribution in [3.8, 4) is 61.3 Å². The van der Waals surface area contributed by atoms with Crippen LogP contribution in [-0.2, 0) is 5.41 Å². The largest absolute Gasteiger partial charge is 0.311 e. The van der Waals surface area contributed by atoms with Crippen LogP contribution in [0.2, 0.25) is 0 Å². The topological polar surface area (TPSA) is 11.4 Å². The van der Waals surface area contributed by atoms with E-state index in [1.165, 1.54) is 94.4 Å². The fourth-order valence-corrected chi connectivity index (χ4v) is 11.9. The lowest BCUT2D eigenvalue weighted by Crippen LogP contribution is -2.30. The first-order chi connectivity index (χ1) is 38.4. The Morgan fingerprint density at radius 3 is 1.09 bits per heavy atom. The smallest absolute Gasteiger partial charge is 0.0541 e. The predicted molar refractivity (Wildman–Crippen MR) is 329 cm³/mol. The summed E-state index contributed by atoms with van der Waals surface area (Å²) >= 11 is 0. The van der Waals surface area contributed by atoms with Crippen LogP contribution in [0, 0.1) is 0 Å². The molecule has 0 unspecified atom stereocenters. The summed E-state index contributed by atoms with van der Waals surface area (Å²) in [6, 6.07) is 109. The molecule has 370 valence electrons. The highest BCUT2D eigenvalue weighted by atomic mass is 15.2. The maximum Gasteiger partial charge on any atom is 0.0541 e. The highest BCUT2D eigenvalue weighted by Gasteiger charge is 2.37. The summed E-state index contributed by atoms with van der Waals surface area (Å²) in [5.74, 6) is 0. The minimum atomic E-state index is -0.212. The molecule has 0 amide bonds. The van der Waals surface area contributed by atoms with E-state index >= 15 is 0 Å². The van der Waals surface area contributed by atoms with Gasteiger partial charge in [-0.2, -0.15) is 0 Å². The van der Waals surface area contributed by atoms with Crippen LogP contribution in [0.25, 0.3) is 83.1 Å². The lowest BCUT2D eigenvalue weighted by molar-refractivity contribution is 0.632. The van der Waals surface area contributed by atoms with E-state index in [9.17, 15) is 0 Å². The molecule has 13 aromatic rings. The van der Waals surface area contributed by atoms with Gasteiger partial charge in [0.1, 0.15) is 0 Å². The second kappa shape index (κ2) is 19.3. The molecule has 0 saturated heterocycles. The minimum absolute atomic E-state index is 0.212. The summed E-state index contributed by atoms with van der Waals surface area (Å²) in [6.45, 7) is 4.74. The first-order valence-electron chi connectivity index (χ1n) is 27.0. The molecule has 2 heterocycles. The molecular weight excluding hydrogens is 943 g/mol. The summed E-state index contributed by atoms with van der Waals surface area (Å²) in [7, 11) is 0. The van der Waals surface area contributed by atoms with Gasteiger partial charge in [0.15, 0.2) is 0 Å². The molecule has 0 atom stereocenters. The molecule has 1 aromatic heterocycles. The van der Waals surface area contributed by atoms with E-state index in [1.807, 2.05) is 0 Å². The van der Waals surface area contributed by atoms with Crippen molar-refractivity contribution in [3.63, 3.8) is 0 Å². The Hall–Kier alpha value is -9.96. The Bertz CT molecular complexity index is 4280. The van der Waals surface area contributed by atoms with Gasteiger partial charge in [0, 0.05) is 44.6 Å². The van der Waals surface area contributed by atoms with Crippen molar-refractivity contribution in [1.29, 1.82) is 0 Å². The Kier molecular flexibility index (Phi) is 11.5. The monoisotopic (exact) mass is 997 g/mol. The number of nitrogens with zero attached hydrogens (tertiary/aromatic N) is 3. The number of para-hydroxylation sites is 3. The zero-order valence-corrected chi connectivity index (χ0v) is 43.6. The zero-order valence-electron chi connectivity index (χ0n) is 43.6. The van der Waals surface area contributed by atoms with Gasteiger partial charge in [0.2, 0.25) is 0 Å². The first kappa shape index (κ1) is 46.6. The predicted octanol–water partition coefficient (Wildman–Crippen LogP) is 20.7. The second-order valence-electron chi connectivity index (χ2n) is 21.0. The van der Waals surface area contributed by atoms with Crippen molar-refractivity contribution in [3.05, 3.63) is 308 Å². The van der Waals surface area contributed by atoms with Crippen LogP contribution in [0.1, 0.15) is 25.0 Å². The highest BCUT2D eigenvalue weighted by Crippen LogP contribution is 2.53. The van der Waals surface area contributed by atoms with Gasteiger partial charge in [-0.25, -0.2) is 0 Å². The van der Waals surface area contributed by atoms with Crippen molar-refractivity contribution in [1.82, 2.24) is 4.57 Å². The zero-order chi connectivity index (χ0) is 52.2. The Morgan fingerprint density at radius 2 is 0.603 bits per heavy atom. The van der Waals surface area contributed by atoms with Gasteiger partial charge < -0.3 is 14.4 Å². The van der Waals surface area contributed by atoms with E-state index < -0.39 is 0 Å². The van der Waals surface area contributed by atoms with Gasteiger partial charge in [-0.15, -0.1) is 0 Å². The van der Waals surface area contributed by atoms with Gasteiger partial charge in [-0.1, -0.05) is 208 Å². The summed E-state index contributed by atoms with van der Waals surface area (Å²) in [4.78, 5) is 4.79. The van der Waals surface area contributed by atoms with Gasteiger partial charge in [-0.05, 0) is 170 Å². The lowest BCUT2D eigenvalue weighted by Gasteiger charge is -2.42. The quantitative estimate of drug-likeness (QED) is 0.135. The summed E-state index contributed by atoms with van der Waals surface area (Å²) in [5, 5.41) is 2.44. The van der Waals surface area contributed by atoms with Crippen molar-refractivity contribution in [2.24, 2.45) is 0 Å². The molecular formula is C75H55N3.